The van der Waals surface area contributed by atoms with Crippen molar-refractivity contribution in [1.82, 2.24) is 19.6 Å². The average molecular weight is 1480 g/mol. The summed E-state index contributed by atoms with van der Waals surface area (Å²) in [7, 11) is 0. The van der Waals surface area contributed by atoms with Crippen LogP contribution >= 0.6 is 45.3 Å². The largest absolute Gasteiger partial charge is 0.365 e. The number of carbonyl (C=O) groups excluding carboxylic acids is 3. The smallest absolute Gasteiger partial charge is 0.261 e. The average Bonchev–Trinajstić information content (AvgIpc) is 1.56. The minimum absolute atomic E-state index is 0.0238. The molecule has 0 saturated carbocycles. The van der Waals surface area contributed by atoms with Gasteiger partial charge in [0.05, 0.1) is 59.0 Å². The van der Waals surface area contributed by atoms with Gasteiger partial charge in [-0.25, -0.2) is 0 Å². The highest BCUT2D eigenvalue weighted by Gasteiger charge is 2.51. The molecule has 0 saturated heterocycles. The van der Waals surface area contributed by atoms with E-state index in [9.17, 15) is 0 Å². The zero-order valence-corrected chi connectivity index (χ0v) is 70.0. The monoisotopic (exact) mass is 1480 g/mol. The van der Waals surface area contributed by atoms with Gasteiger partial charge in [0.15, 0.2) is 0 Å². The maximum atomic E-state index is 16.2. The Morgan fingerprint density at radius 1 is 0.282 bits per heavy atom. The highest BCUT2D eigenvalue weighted by molar-refractivity contribution is 7.23. The normalized spacial score (nSPS) is 16.1. The topological polar surface area (TPSA) is 64.2 Å². The molecule has 0 aliphatic carbocycles. The van der Waals surface area contributed by atoms with Crippen LogP contribution in [0.5, 0.6) is 0 Å². The number of unbranched alkanes of at least 4 members (excludes halogenated alkanes) is 32. The van der Waals surface area contributed by atoms with Crippen LogP contribution in [0.3, 0.4) is 0 Å². The van der Waals surface area contributed by atoms with Crippen molar-refractivity contribution in [2.45, 2.75) is 364 Å². The van der Waals surface area contributed by atoms with Crippen molar-refractivity contribution < 1.29 is 14.4 Å². The van der Waals surface area contributed by atoms with Crippen LogP contribution in [0.15, 0.2) is 81.6 Å². The van der Waals surface area contributed by atoms with E-state index in [1.807, 2.05) is 11.3 Å². The van der Waals surface area contributed by atoms with E-state index in [-0.39, 0.29) is 17.7 Å². The zero-order chi connectivity index (χ0) is 72.8. The molecule has 0 spiro atoms. The summed E-state index contributed by atoms with van der Waals surface area (Å²) in [5, 5.41) is 4.35. The molecule has 11 heteroatoms. The molecule has 574 valence electrons. The number of nitrogens with zero attached hydrogens (tertiary/aromatic N) is 4. The molecule has 0 radical (unpaired) electrons. The molecule has 0 aromatic carbocycles. The predicted molar refractivity (Wildman–Crippen MR) is 452 cm³/mol. The van der Waals surface area contributed by atoms with Gasteiger partial charge < -0.3 is 19.6 Å². The van der Waals surface area contributed by atoms with Crippen molar-refractivity contribution in [3.8, 4) is 9.75 Å². The Hall–Kier alpha value is -4.03. The summed E-state index contributed by atoms with van der Waals surface area (Å²) in [4.78, 5) is 64.5. The van der Waals surface area contributed by atoms with Gasteiger partial charge >= 0.3 is 0 Å². The number of amides is 3. The van der Waals surface area contributed by atoms with Crippen LogP contribution in [0.4, 0.5) is 0 Å². The van der Waals surface area contributed by atoms with Gasteiger partial charge in [-0.05, 0) is 122 Å². The lowest BCUT2D eigenvalue weighted by atomic mass is 9.93. The Bertz CT molecular complexity index is 3180. The molecule has 4 aliphatic heterocycles. The molecule has 4 atom stereocenters. The van der Waals surface area contributed by atoms with Crippen molar-refractivity contribution in [2.75, 3.05) is 32.7 Å². The third-order valence-corrected chi connectivity index (χ3v) is 27.5. The van der Waals surface area contributed by atoms with E-state index in [0.29, 0.717) is 47.9 Å². The number of carbonyl (C=O) groups is 3. The minimum atomic E-state index is 0.0238. The SMILES string of the molecule is CCCCCCCCC(CCCCCC)CN1CC2=C(c3ccc(-c4ccc(C5=C6C(=O)N(CC(CCCCCC)CCCCCCCC)C(c7cccs7)=C6C(=O)N5CC(CCCCCC)CCCCCCCC)s4)s3)N(CC(CCCCCC)CCCCCCCC)C(=O)C2=C1c1cccs1. The molecule has 8 rings (SSSR count). The third-order valence-electron chi connectivity index (χ3n) is 23.4. The predicted octanol–water partition coefficient (Wildman–Crippen LogP) is 29.0. The van der Waals surface area contributed by atoms with Gasteiger partial charge in [0.1, 0.15) is 0 Å². The van der Waals surface area contributed by atoms with Gasteiger partial charge in [-0.2, -0.15) is 0 Å². The fourth-order valence-corrected chi connectivity index (χ4v) is 21.2. The highest BCUT2D eigenvalue weighted by Crippen LogP contribution is 2.53. The number of thiophene rings is 4. The molecule has 4 aliphatic rings. The molecule has 4 aromatic heterocycles. The van der Waals surface area contributed by atoms with Crippen molar-refractivity contribution >= 4 is 85.9 Å². The lowest BCUT2D eigenvalue weighted by molar-refractivity contribution is -0.124. The summed E-state index contributed by atoms with van der Waals surface area (Å²) in [5.74, 6) is 2.00. The van der Waals surface area contributed by atoms with Crippen LogP contribution in [-0.2, 0) is 14.4 Å². The minimum Gasteiger partial charge on any atom is -0.365 e. The van der Waals surface area contributed by atoms with Gasteiger partial charge in [0.2, 0.25) is 0 Å². The van der Waals surface area contributed by atoms with Crippen LogP contribution in [0, 0.1) is 23.7 Å². The molecular formula is C92H144N4O3S4. The fourth-order valence-electron chi connectivity index (χ4n) is 17.3. The van der Waals surface area contributed by atoms with Crippen LogP contribution in [0.2, 0.25) is 0 Å². The first-order chi connectivity index (χ1) is 50.6. The molecule has 0 fully saturated rings. The first-order valence-corrected chi connectivity index (χ1v) is 47.0. The first-order valence-electron chi connectivity index (χ1n) is 43.6. The van der Waals surface area contributed by atoms with Crippen molar-refractivity contribution in [1.29, 1.82) is 0 Å². The van der Waals surface area contributed by atoms with Crippen molar-refractivity contribution in [3.63, 3.8) is 0 Å². The highest BCUT2D eigenvalue weighted by atomic mass is 32.1. The van der Waals surface area contributed by atoms with Crippen molar-refractivity contribution in [3.05, 3.63) is 101 Å². The second kappa shape index (κ2) is 48.4. The van der Waals surface area contributed by atoms with E-state index >= 15 is 14.4 Å². The Morgan fingerprint density at radius 3 is 0.874 bits per heavy atom. The summed E-state index contributed by atoms with van der Waals surface area (Å²) in [6.45, 7) is 22.3. The van der Waals surface area contributed by atoms with E-state index in [2.05, 4.69) is 134 Å². The molecule has 103 heavy (non-hydrogen) atoms. The van der Waals surface area contributed by atoms with E-state index in [4.69, 9.17) is 0 Å². The Balaban J connectivity index is 1.21. The second-order valence-corrected chi connectivity index (χ2v) is 36.1. The fraction of sp³-hybridized carbons (Fsp3) is 0.707. The molecule has 3 amide bonds. The van der Waals surface area contributed by atoms with E-state index in [0.717, 1.165) is 89.0 Å². The van der Waals surface area contributed by atoms with E-state index in [1.54, 1.807) is 34.0 Å². The summed E-state index contributed by atoms with van der Waals surface area (Å²) < 4.78 is 0. The molecule has 0 N–H and O–H groups in total. The molecule has 8 heterocycles. The number of hydrogen-bond donors (Lipinski definition) is 0. The number of rotatable bonds is 61. The summed E-state index contributed by atoms with van der Waals surface area (Å²) in [6.07, 6.45) is 59.7. The summed E-state index contributed by atoms with van der Waals surface area (Å²) in [5.41, 5.74) is 7.53. The maximum absolute atomic E-state index is 16.2. The standard InChI is InChI=1S/C92H144N4O3S4/c1-9-17-25-33-37-45-52-72(51-41-29-21-13-5)67-93-71-76-83(87(93)79-59-49-65-100-79)90(97)94(68-73(53-42-30-22-14-6)56-46-38-34-26-18-10-2)86(76)81-63-61-77(102-81)78-62-64-82(103-78)89-85-84(91(98)96(89)70-75(55-44-32-24-16-8)58-48-40-36-28-20-12-4)88(80-60-50-66-101-80)95(92(85)99)69-74(54-43-31-23-15-7)57-47-39-35-27-19-11-3/h49-50,59-66,72-75H,9-48,51-58,67-71H2,1-8H3. The quantitative estimate of drug-likeness (QED) is 0.0413. The second-order valence-electron chi connectivity index (χ2n) is 32.0. The number of fused-ring (bicyclic) bond motifs is 2. The van der Waals surface area contributed by atoms with Crippen LogP contribution in [-0.4, -0.2) is 70.0 Å². The zero-order valence-electron chi connectivity index (χ0n) is 66.7. The third kappa shape index (κ3) is 25.5. The summed E-state index contributed by atoms with van der Waals surface area (Å²) >= 11 is 7.10. The summed E-state index contributed by atoms with van der Waals surface area (Å²) in [6, 6.07) is 18.0. The maximum Gasteiger partial charge on any atom is 0.261 e. The van der Waals surface area contributed by atoms with Gasteiger partial charge in [-0.1, -0.05) is 324 Å². The van der Waals surface area contributed by atoms with Crippen molar-refractivity contribution in [2.24, 2.45) is 23.7 Å². The Kier molecular flexibility index (Phi) is 39.7. The van der Waals surface area contributed by atoms with Crippen LogP contribution in [0.25, 0.3) is 32.5 Å². The van der Waals surface area contributed by atoms with Crippen LogP contribution in [0.1, 0.15) is 383 Å². The molecule has 0 bridgehead atoms. The van der Waals surface area contributed by atoms with E-state index < -0.39 is 0 Å². The molecule has 7 nitrogen and oxygen atoms in total. The van der Waals surface area contributed by atoms with E-state index in [1.165, 1.54) is 302 Å². The molecule has 4 unspecified atom stereocenters. The van der Waals surface area contributed by atoms with Crippen LogP contribution < -0.4 is 0 Å². The Labute approximate surface area is 646 Å². The lowest BCUT2D eigenvalue weighted by Crippen LogP contribution is -2.34. The van der Waals surface area contributed by atoms with Gasteiger partial charge in [0, 0.05) is 48.1 Å². The van der Waals surface area contributed by atoms with Gasteiger partial charge in [-0.3, -0.25) is 14.4 Å². The lowest BCUT2D eigenvalue weighted by Gasteiger charge is -2.30. The number of hydrogen-bond acceptors (Lipinski definition) is 8. The van der Waals surface area contributed by atoms with Gasteiger partial charge in [-0.15, -0.1) is 45.3 Å². The molecular weight excluding hydrogens is 1340 g/mol. The Morgan fingerprint density at radius 2 is 0.544 bits per heavy atom. The molecule has 4 aromatic rings. The first kappa shape index (κ1) is 84.6. The van der Waals surface area contributed by atoms with Gasteiger partial charge in [0.25, 0.3) is 17.7 Å².